The minimum Gasteiger partial charge on any atom is -0.496 e. The Morgan fingerprint density at radius 2 is 1.81 bits per heavy atom. The lowest BCUT2D eigenvalue weighted by Gasteiger charge is -2.29. The number of hydrogen-bond acceptors (Lipinski definition) is 5. The molecule has 1 aliphatic heterocycles. The van der Waals surface area contributed by atoms with Crippen LogP contribution in [0.3, 0.4) is 0 Å². The molecule has 1 aliphatic rings. The van der Waals surface area contributed by atoms with Gasteiger partial charge < -0.3 is 19.5 Å². The van der Waals surface area contributed by atoms with Crippen LogP contribution in [0.15, 0.2) is 55.1 Å². The van der Waals surface area contributed by atoms with E-state index < -0.39 is 5.60 Å². The fourth-order valence-corrected chi connectivity index (χ4v) is 3.17. The van der Waals surface area contributed by atoms with Crippen LogP contribution in [0.1, 0.15) is 35.3 Å². The molecule has 0 aromatic heterocycles. The van der Waals surface area contributed by atoms with Gasteiger partial charge in [-0.3, -0.25) is 9.59 Å². The lowest BCUT2D eigenvalue weighted by Crippen LogP contribution is -2.28. The van der Waals surface area contributed by atoms with Crippen molar-refractivity contribution in [3.05, 3.63) is 71.8 Å². The van der Waals surface area contributed by atoms with E-state index in [2.05, 4.69) is 11.9 Å². The quantitative estimate of drug-likeness (QED) is 0.510. The van der Waals surface area contributed by atoms with Crippen LogP contribution >= 0.6 is 0 Å². The summed E-state index contributed by atoms with van der Waals surface area (Å²) in [5.74, 6) is 1.08. The van der Waals surface area contributed by atoms with Gasteiger partial charge in [0.05, 0.1) is 31.0 Å². The van der Waals surface area contributed by atoms with Gasteiger partial charge >= 0.3 is 0 Å². The molecule has 0 radical (unpaired) electrons. The Morgan fingerprint density at radius 3 is 2.48 bits per heavy atom. The second-order valence-corrected chi connectivity index (χ2v) is 7.45. The minimum atomic E-state index is -0.535. The first-order chi connectivity index (χ1) is 14.8. The first kappa shape index (κ1) is 21.9. The van der Waals surface area contributed by atoms with Crippen molar-refractivity contribution in [2.75, 3.05) is 19.5 Å². The summed E-state index contributed by atoms with van der Waals surface area (Å²) in [6, 6.07) is 8.67. The number of amides is 1. The number of methoxy groups -OCH3 is 2. The van der Waals surface area contributed by atoms with E-state index in [0.29, 0.717) is 28.5 Å². The summed E-state index contributed by atoms with van der Waals surface area (Å²) in [5, 5.41) is 2.69. The Bertz CT molecular complexity index is 1100. The number of rotatable bonds is 7. The Morgan fingerprint density at radius 1 is 1.10 bits per heavy atom. The fourth-order valence-electron chi connectivity index (χ4n) is 3.17. The summed E-state index contributed by atoms with van der Waals surface area (Å²) in [5.41, 5.74) is 1.85. The number of allylic oxidation sites excluding steroid dienone is 1. The minimum absolute atomic E-state index is 0.211. The van der Waals surface area contributed by atoms with E-state index in [4.69, 9.17) is 14.2 Å². The summed E-state index contributed by atoms with van der Waals surface area (Å²) in [6.07, 6.45) is 8.16. The molecule has 0 spiro atoms. The summed E-state index contributed by atoms with van der Waals surface area (Å²) < 4.78 is 16.8. The van der Waals surface area contributed by atoms with Crippen molar-refractivity contribution in [1.82, 2.24) is 0 Å². The molecule has 1 heterocycles. The zero-order valence-electron chi connectivity index (χ0n) is 18.0. The summed E-state index contributed by atoms with van der Waals surface area (Å²) >= 11 is 0. The number of hydrogen-bond donors (Lipinski definition) is 1. The molecular formula is C25H25NO5. The Kier molecular flexibility index (Phi) is 6.30. The third-order valence-electron chi connectivity index (χ3n) is 4.75. The summed E-state index contributed by atoms with van der Waals surface area (Å²) in [7, 11) is 3.09. The van der Waals surface area contributed by atoms with Gasteiger partial charge in [0.15, 0.2) is 5.78 Å². The largest absolute Gasteiger partial charge is 0.496 e. The van der Waals surface area contributed by atoms with Gasteiger partial charge in [-0.1, -0.05) is 18.7 Å². The molecule has 3 rings (SSSR count). The highest BCUT2D eigenvalue weighted by Gasteiger charge is 2.27. The van der Waals surface area contributed by atoms with Crippen molar-refractivity contribution < 1.29 is 23.8 Å². The topological polar surface area (TPSA) is 73.9 Å². The Labute approximate surface area is 181 Å². The molecule has 1 N–H and O–H groups in total. The molecule has 2 aromatic rings. The highest BCUT2D eigenvalue weighted by Crippen LogP contribution is 2.40. The molecule has 0 fully saturated rings. The highest BCUT2D eigenvalue weighted by atomic mass is 16.5. The summed E-state index contributed by atoms with van der Waals surface area (Å²) in [6.45, 7) is 7.29. The molecule has 6 heteroatoms. The molecule has 0 saturated carbocycles. The predicted molar refractivity (Wildman–Crippen MR) is 122 cm³/mol. The number of ketones is 1. The number of ether oxygens (including phenoxy) is 3. The van der Waals surface area contributed by atoms with Gasteiger partial charge in [0, 0.05) is 0 Å². The average molecular weight is 419 g/mol. The SMILES string of the molecule is C=CC(=O)Nc1cc(/C=C/C(=O)c2ccc(OC)c3c2OC(C)(C)C=C3)ccc1OC. The predicted octanol–water partition coefficient (Wildman–Crippen LogP) is 4.91. The van der Waals surface area contributed by atoms with E-state index in [9.17, 15) is 9.59 Å². The smallest absolute Gasteiger partial charge is 0.247 e. The van der Waals surface area contributed by atoms with Crippen LogP contribution in [0.5, 0.6) is 17.2 Å². The molecule has 6 nitrogen and oxygen atoms in total. The van der Waals surface area contributed by atoms with Gasteiger partial charge in [-0.25, -0.2) is 0 Å². The van der Waals surface area contributed by atoms with Crippen LogP contribution in [0.25, 0.3) is 12.2 Å². The Balaban J connectivity index is 1.92. The van der Waals surface area contributed by atoms with E-state index in [0.717, 1.165) is 11.1 Å². The molecule has 160 valence electrons. The van der Waals surface area contributed by atoms with Gasteiger partial charge in [0.25, 0.3) is 0 Å². The third-order valence-corrected chi connectivity index (χ3v) is 4.75. The molecule has 31 heavy (non-hydrogen) atoms. The number of carbonyl (C=O) groups is 2. The van der Waals surface area contributed by atoms with Gasteiger partial charge in [0.2, 0.25) is 5.91 Å². The van der Waals surface area contributed by atoms with Gasteiger partial charge in [-0.05, 0) is 68.0 Å². The second-order valence-electron chi connectivity index (χ2n) is 7.45. The third kappa shape index (κ3) is 4.86. The van der Waals surface area contributed by atoms with Crippen molar-refractivity contribution >= 4 is 29.5 Å². The van der Waals surface area contributed by atoms with Crippen molar-refractivity contribution in [2.24, 2.45) is 0 Å². The van der Waals surface area contributed by atoms with Crippen LogP contribution < -0.4 is 19.5 Å². The molecule has 0 aliphatic carbocycles. The summed E-state index contributed by atoms with van der Waals surface area (Å²) in [4.78, 5) is 24.7. The van der Waals surface area contributed by atoms with Crippen LogP contribution in [0.2, 0.25) is 0 Å². The molecule has 0 atom stereocenters. The lowest BCUT2D eigenvalue weighted by molar-refractivity contribution is -0.111. The van der Waals surface area contributed by atoms with Crippen molar-refractivity contribution in [3.8, 4) is 17.2 Å². The first-order valence-electron chi connectivity index (χ1n) is 9.71. The van der Waals surface area contributed by atoms with Crippen molar-refractivity contribution in [3.63, 3.8) is 0 Å². The van der Waals surface area contributed by atoms with E-state index >= 15 is 0 Å². The van der Waals surface area contributed by atoms with Gasteiger partial charge in [-0.2, -0.15) is 0 Å². The van der Waals surface area contributed by atoms with Gasteiger partial charge in [0.1, 0.15) is 22.8 Å². The van der Waals surface area contributed by atoms with E-state index in [1.54, 1.807) is 43.5 Å². The molecule has 1 amide bonds. The molecular weight excluding hydrogens is 394 g/mol. The maximum absolute atomic E-state index is 13.0. The highest BCUT2D eigenvalue weighted by molar-refractivity contribution is 6.09. The standard InChI is InChI=1S/C25H25NO5/c1-6-23(28)26-19-15-16(8-11-22(19)30-5)7-10-20(27)17-9-12-21(29-4)18-13-14-25(2,3)31-24(17)18/h6-15H,1H2,2-5H3,(H,26,28)/b10-7+. The Hall–Kier alpha value is -3.80. The fraction of sp³-hybridized carbons (Fsp3) is 0.200. The van der Waals surface area contributed by atoms with Crippen molar-refractivity contribution in [1.29, 1.82) is 0 Å². The van der Waals surface area contributed by atoms with Crippen LogP contribution in [0.4, 0.5) is 5.69 Å². The molecule has 0 unspecified atom stereocenters. The van der Waals surface area contributed by atoms with E-state index in [-0.39, 0.29) is 11.7 Å². The average Bonchev–Trinajstić information content (AvgIpc) is 2.75. The lowest BCUT2D eigenvalue weighted by atomic mass is 9.97. The maximum atomic E-state index is 13.0. The number of benzene rings is 2. The zero-order valence-corrected chi connectivity index (χ0v) is 18.0. The normalized spacial score (nSPS) is 13.8. The van der Waals surface area contributed by atoms with Crippen molar-refractivity contribution in [2.45, 2.75) is 19.4 Å². The molecule has 2 aromatic carbocycles. The van der Waals surface area contributed by atoms with E-state index in [1.807, 2.05) is 26.0 Å². The molecule has 0 saturated heterocycles. The number of nitrogens with one attached hydrogen (secondary N) is 1. The number of fused-ring (bicyclic) bond motifs is 1. The van der Waals surface area contributed by atoms with Crippen LogP contribution in [-0.2, 0) is 4.79 Å². The number of carbonyl (C=O) groups excluding carboxylic acids is 2. The van der Waals surface area contributed by atoms with Crippen LogP contribution in [0, 0.1) is 0 Å². The monoisotopic (exact) mass is 419 g/mol. The maximum Gasteiger partial charge on any atom is 0.247 e. The first-order valence-corrected chi connectivity index (χ1v) is 9.71. The van der Waals surface area contributed by atoms with Gasteiger partial charge in [-0.15, -0.1) is 0 Å². The zero-order chi connectivity index (χ0) is 22.6. The number of anilines is 1. The molecule has 0 bridgehead atoms. The second kappa shape index (κ2) is 8.92. The van der Waals surface area contributed by atoms with E-state index in [1.165, 1.54) is 19.3 Å². The van der Waals surface area contributed by atoms with Crippen LogP contribution in [-0.4, -0.2) is 31.5 Å².